The van der Waals surface area contributed by atoms with Gasteiger partial charge in [-0.1, -0.05) is 31.3 Å². The van der Waals surface area contributed by atoms with Crippen molar-refractivity contribution in [2.75, 3.05) is 6.54 Å². The minimum atomic E-state index is -1.99. The zero-order valence-corrected chi connectivity index (χ0v) is 19.9. The van der Waals surface area contributed by atoms with Crippen LogP contribution in [0.3, 0.4) is 0 Å². The predicted octanol–water partition coefficient (Wildman–Crippen LogP) is 2.91. The van der Waals surface area contributed by atoms with E-state index in [2.05, 4.69) is 24.0 Å². The van der Waals surface area contributed by atoms with Gasteiger partial charge in [-0.3, -0.25) is 4.79 Å². The second-order valence-electron chi connectivity index (χ2n) is 9.66. The van der Waals surface area contributed by atoms with Crippen molar-refractivity contribution in [2.45, 2.75) is 51.2 Å². The number of carbonyl (C=O) groups is 1. The molecule has 168 valence electrons. The lowest BCUT2D eigenvalue weighted by molar-refractivity contribution is -0.169. The second-order valence-corrected chi connectivity index (χ2v) is 14.4. The van der Waals surface area contributed by atoms with Gasteiger partial charge in [-0.2, -0.15) is 0 Å². The summed E-state index contributed by atoms with van der Waals surface area (Å²) in [5, 5.41) is 13.2. The fourth-order valence-corrected chi connectivity index (χ4v) is 8.52. The lowest BCUT2D eigenvalue weighted by Crippen LogP contribution is -2.44. The highest BCUT2D eigenvalue weighted by molar-refractivity contribution is 6.91. The molecular weight excluding hydrogens is 434 g/mol. The van der Waals surface area contributed by atoms with Crippen LogP contribution in [-0.4, -0.2) is 35.2 Å². The van der Waals surface area contributed by atoms with E-state index in [1.165, 1.54) is 12.1 Å². The first-order chi connectivity index (χ1) is 15.7. The largest absolute Gasteiger partial charge is 0.458 e. The lowest BCUT2D eigenvalue weighted by atomic mass is 9.90. The SMILES string of the molecule is [C-]#[N+]CCC[Si](C)(C)c1c2c(nc3ccccc13)-c1cc3c(c(=O)n1C2)COC(=O)[C@@]3(C)O. The summed E-state index contributed by atoms with van der Waals surface area (Å²) < 4.78 is 6.79. The highest BCUT2D eigenvalue weighted by atomic mass is 28.3. The average molecular weight is 460 g/mol. The lowest BCUT2D eigenvalue weighted by Gasteiger charge is -2.29. The Morgan fingerprint density at radius 1 is 1.27 bits per heavy atom. The summed E-state index contributed by atoms with van der Waals surface area (Å²) in [5.74, 6) is -0.752. The van der Waals surface area contributed by atoms with E-state index in [0.717, 1.165) is 34.6 Å². The van der Waals surface area contributed by atoms with E-state index in [-0.39, 0.29) is 12.2 Å². The Balaban J connectivity index is 1.78. The number of esters is 1. The standard InChI is InChI=1S/C25H25N3O4Si/c1-25(31)18-12-20-21-16(13-28(20)23(29)17(18)14-32-24(25)30)22(33(3,4)11-7-10-26-2)15-8-5-6-9-19(15)27-21/h5-6,8-9,12,31H,7,10-11,13-14H2,1,3-4H3/t25-/m0/s1. The smallest absolute Gasteiger partial charge is 0.342 e. The van der Waals surface area contributed by atoms with Gasteiger partial charge >= 0.3 is 5.97 Å². The molecule has 0 radical (unpaired) electrons. The first-order valence-electron chi connectivity index (χ1n) is 11.1. The highest BCUT2D eigenvalue weighted by Gasteiger charge is 2.43. The molecule has 33 heavy (non-hydrogen) atoms. The molecule has 0 amide bonds. The van der Waals surface area contributed by atoms with Crippen molar-refractivity contribution in [3.8, 4) is 11.4 Å². The molecule has 2 aromatic heterocycles. The molecule has 0 fully saturated rings. The summed E-state index contributed by atoms with van der Waals surface area (Å²) in [7, 11) is -1.99. The minimum absolute atomic E-state index is 0.140. The number of hydrogen-bond donors (Lipinski definition) is 1. The average Bonchev–Trinajstić information content (AvgIpc) is 3.13. The molecule has 2 aliphatic rings. The molecule has 0 saturated carbocycles. The third-order valence-electron chi connectivity index (χ3n) is 6.97. The summed E-state index contributed by atoms with van der Waals surface area (Å²) in [6.45, 7) is 13.9. The van der Waals surface area contributed by atoms with Crippen molar-refractivity contribution in [3.63, 3.8) is 0 Å². The molecule has 0 spiro atoms. The van der Waals surface area contributed by atoms with E-state index in [1.807, 2.05) is 18.2 Å². The first-order valence-corrected chi connectivity index (χ1v) is 14.3. The van der Waals surface area contributed by atoms with E-state index in [1.54, 1.807) is 10.6 Å². The Kier molecular flexibility index (Phi) is 4.81. The number of benzene rings is 1. The van der Waals surface area contributed by atoms with Crippen molar-refractivity contribution >= 4 is 30.1 Å². The van der Waals surface area contributed by atoms with Gasteiger partial charge in [-0.25, -0.2) is 16.4 Å². The van der Waals surface area contributed by atoms with E-state index in [9.17, 15) is 14.7 Å². The van der Waals surface area contributed by atoms with Gasteiger partial charge in [-0.05, 0) is 41.2 Å². The molecule has 1 N–H and O–H groups in total. The van der Waals surface area contributed by atoms with E-state index < -0.39 is 19.6 Å². The van der Waals surface area contributed by atoms with Crippen LogP contribution in [0, 0.1) is 6.57 Å². The quantitative estimate of drug-likeness (QED) is 0.220. The summed E-state index contributed by atoms with van der Waals surface area (Å²) in [4.78, 5) is 34.1. The third kappa shape index (κ3) is 3.15. The zero-order valence-electron chi connectivity index (χ0n) is 18.9. The van der Waals surface area contributed by atoms with E-state index in [0.29, 0.717) is 29.9 Å². The number of cyclic esters (lactones) is 1. The molecule has 4 heterocycles. The maximum Gasteiger partial charge on any atom is 0.342 e. The molecule has 1 atom stereocenters. The summed E-state index contributed by atoms with van der Waals surface area (Å²) in [6, 6.07) is 10.7. The topological polar surface area (TPSA) is 85.8 Å². The van der Waals surface area contributed by atoms with Crippen LogP contribution in [0.1, 0.15) is 30.0 Å². The molecule has 0 saturated heterocycles. The Labute approximate surface area is 192 Å². The second kappa shape index (κ2) is 7.37. The minimum Gasteiger partial charge on any atom is -0.458 e. The number of rotatable bonds is 4. The van der Waals surface area contributed by atoms with Crippen LogP contribution in [0.5, 0.6) is 0 Å². The van der Waals surface area contributed by atoms with Gasteiger partial charge in [0, 0.05) is 12.0 Å². The highest BCUT2D eigenvalue weighted by Crippen LogP contribution is 2.37. The third-order valence-corrected chi connectivity index (χ3v) is 10.5. The Morgan fingerprint density at radius 2 is 2.03 bits per heavy atom. The first kappa shape index (κ1) is 21.6. The number of carbonyl (C=O) groups excluding carboxylic acids is 1. The van der Waals surface area contributed by atoms with Crippen LogP contribution in [0.15, 0.2) is 35.1 Å². The maximum atomic E-state index is 13.4. The van der Waals surface area contributed by atoms with Crippen molar-refractivity contribution in [2.24, 2.45) is 0 Å². The summed E-state index contributed by atoms with van der Waals surface area (Å²) in [6.07, 6.45) is 0.845. The molecular formula is C25H25N3O4Si. The molecule has 0 aliphatic carbocycles. The van der Waals surface area contributed by atoms with Crippen molar-refractivity contribution in [1.82, 2.24) is 9.55 Å². The van der Waals surface area contributed by atoms with Gasteiger partial charge in [0.15, 0.2) is 5.60 Å². The number of fused-ring (bicyclic) bond motifs is 5. The van der Waals surface area contributed by atoms with Crippen LogP contribution >= 0.6 is 0 Å². The van der Waals surface area contributed by atoms with Gasteiger partial charge in [0.1, 0.15) is 6.61 Å². The van der Waals surface area contributed by atoms with Gasteiger partial charge < -0.3 is 19.3 Å². The van der Waals surface area contributed by atoms with Crippen LogP contribution < -0.4 is 10.7 Å². The van der Waals surface area contributed by atoms with Gasteiger partial charge in [-0.15, -0.1) is 0 Å². The number of aromatic nitrogens is 2. The molecule has 0 unspecified atom stereocenters. The fraction of sp³-hybridized carbons (Fsp3) is 0.360. The van der Waals surface area contributed by atoms with E-state index >= 15 is 0 Å². The molecule has 7 nitrogen and oxygen atoms in total. The van der Waals surface area contributed by atoms with E-state index in [4.69, 9.17) is 16.3 Å². The molecule has 5 rings (SSSR count). The molecule has 3 aromatic rings. The number of nitrogens with zero attached hydrogens (tertiary/aromatic N) is 3. The fourth-order valence-electron chi connectivity index (χ4n) is 5.28. The van der Waals surface area contributed by atoms with Crippen molar-refractivity contribution < 1.29 is 14.6 Å². The Hall–Kier alpha value is -3.28. The monoisotopic (exact) mass is 459 g/mol. The normalized spacial score (nSPS) is 18.9. The zero-order chi connectivity index (χ0) is 23.5. The molecule has 8 heteroatoms. The number of para-hydroxylation sites is 1. The number of hydrogen-bond acceptors (Lipinski definition) is 5. The van der Waals surface area contributed by atoms with Crippen molar-refractivity contribution in [1.29, 1.82) is 0 Å². The Morgan fingerprint density at radius 3 is 2.79 bits per heavy atom. The predicted molar refractivity (Wildman–Crippen MR) is 128 cm³/mol. The molecule has 1 aromatic carbocycles. The summed E-state index contributed by atoms with van der Waals surface area (Å²) in [5.41, 5.74) is 1.75. The van der Waals surface area contributed by atoms with Crippen LogP contribution in [0.4, 0.5) is 0 Å². The number of aliphatic hydroxyl groups is 1. The molecule has 2 aliphatic heterocycles. The van der Waals surface area contributed by atoms with Gasteiger partial charge in [0.05, 0.1) is 37.1 Å². The van der Waals surface area contributed by atoms with Gasteiger partial charge in [0.25, 0.3) is 5.56 Å². The number of ether oxygens (including phenoxy) is 1. The maximum absolute atomic E-state index is 13.4. The van der Waals surface area contributed by atoms with Gasteiger partial charge in [0.2, 0.25) is 6.54 Å². The summed E-state index contributed by atoms with van der Waals surface area (Å²) >= 11 is 0. The van der Waals surface area contributed by atoms with Crippen LogP contribution in [0.25, 0.3) is 27.1 Å². The van der Waals surface area contributed by atoms with Crippen LogP contribution in [-0.2, 0) is 28.3 Å². The Bertz CT molecular complexity index is 1430. The van der Waals surface area contributed by atoms with Crippen molar-refractivity contribution in [3.05, 3.63) is 68.8 Å². The number of pyridine rings is 2. The molecule has 0 bridgehead atoms. The van der Waals surface area contributed by atoms with Crippen LogP contribution in [0.2, 0.25) is 19.1 Å².